The molecule has 0 saturated carbocycles. The molecule has 0 saturated heterocycles. The number of rotatable bonds is 10. The Bertz CT molecular complexity index is 253. The lowest BCUT2D eigenvalue weighted by Crippen LogP contribution is -2.27. The fraction of sp³-hybridized carbons (Fsp3) is 0.846. The number of ether oxygens (including phenoxy) is 1. The maximum atomic E-state index is 11.4. The van der Waals surface area contributed by atoms with Crippen LogP contribution in [0.25, 0.3) is 0 Å². The van der Waals surface area contributed by atoms with Crippen molar-refractivity contribution in [2.75, 3.05) is 13.7 Å². The van der Waals surface area contributed by atoms with E-state index >= 15 is 0 Å². The number of hydroxylamine groups is 1. The summed E-state index contributed by atoms with van der Waals surface area (Å²) in [5.41, 5.74) is 0. The average molecular weight is 258 g/mol. The molecule has 0 aliphatic heterocycles. The first kappa shape index (κ1) is 17.1. The third-order valence-electron chi connectivity index (χ3n) is 2.61. The van der Waals surface area contributed by atoms with Crippen LogP contribution in [0, 0.1) is 5.21 Å². The molecule has 1 N–H and O–H groups in total. The molecule has 106 valence electrons. The largest absolute Gasteiger partial charge is 0.595 e. The van der Waals surface area contributed by atoms with Gasteiger partial charge in [-0.15, -0.1) is 0 Å². The number of allylic oxidation sites excluding steroid dienone is 1. The van der Waals surface area contributed by atoms with Crippen LogP contribution in [-0.2, 0) is 4.74 Å². The summed E-state index contributed by atoms with van der Waals surface area (Å²) < 4.78 is 4.89. The summed E-state index contributed by atoms with van der Waals surface area (Å²) >= 11 is 0. The van der Waals surface area contributed by atoms with Gasteiger partial charge in [-0.2, -0.15) is 0 Å². The fourth-order valence-corrected chi connectivity index (χ4v) is 1.48. The van der Waals surface area contributed by atoms with Gasteiger partial charge in [-0.25, -0.2) is 0 Å². The van der Waals surface area contributed by atoms with Gasteiger partial charge in [0.25, 0.3) is 0 Å². The molecule has 0 aromatic carbocycles. The highest BCUT2D eigenvalue weighted by atomic mass is 16.5. The summed E-state index contributed by atoms with van der Waals surface area (Å²) in [5.74, 6) is 0. The number of hydrogen-bond acceptors (Lipinski definition) is 4. The number of methoxy groups -OCH3 is 1. The summed E-state index contributed by atoms with van der Waals surface area (Å²) in [6.45, 7) is 4.00. The van der Waals surface area contributed by atoms with Crippen LogP contribution >= 0.6 is 0 Å². The average Bonchev–Trinajstić information content (AvgIpc) is 2.33. The van der Waals surface area contributed by atoms with Crippen molar-refractivity contribution < 1.29 is 14.7 Å². The van der Waals surface area contributed by atoms with E-state index in [1.165, 1.54) is 32.6 Å². The Balaban J connectivity index is 4.02. The molecule has 5 heteroatoms. The SMILES string of the molecule is CCCCCC/C=C/[N+]([O-])=N[C@H](COC)[C@@H](C)O. The van der Waals surface area contributed by atoms with Crippen molar-refractivity contribution in [2.24, 2.45) is 5.11 Å². The predicted octanol–water partition coefficient (Wildman–Crippen LogP) is 2.83. The van der Waals surface area contributed by atoms with Crippen molar-refractivity contribution in [3.63, 3.8) is 0 Å². The van der Waals surface area contributed by atoms with Crippen LogP contribution in [0.2, 0.25) is 0 Å². The number of nitrogens with zero attached hydrogens (tertiary/aromatic N) is 2. The van der Waals surface area contributed by atoms with Crippen LogP contribution in [0.4, 0.5) is 0 Å². The minimum Gasteiger partial charge on any atom is -0.595 e. The Morgan fingerprint density at radius 2 is 2.11 bits per heavy atom. The Labute approximate surface area is 110 Å². The zero-order chi connectivity index (χ0) is 13.8. The van der Waals surface area contributed by atoms with E-state index in [1.807, 2.05) is 6.08 Å². The molecule has 18 heavy (non-hydrogen) atoms. The summed E-state index contributed by atoms with van der Waals surface area (Å²) in [5, 5.41) is 24.6. The minimum atomic E-state index is -0.695. The number of azo groups is 1. The molecule has 0 bridgehead atoms. The van der Waals surface area contributed by atoms with Gasteiger partial charge < -0.3 is 15.1 Å². The number of unbranched alkanes of at least 4 members (excludes halogenated alkanes) is 4. The second-order valence-electron chi connectivity index (χ2n) is 4.42. The maximum absolute atomic E-state index is 11.4. The van der Waals surface area contributed by atoms with Crippen molar-refractivity contribution >= 4 is 0 Å². The molecule has 5 nitrogen and oxygen atoms in total. The Kier molecular flexibility index (Phi) is 10.6. The lowest BCUT2D eigenvalue weighted by molar-refractivity contribution is -0.464. The van der Waals surface area contributed by atoms with Crippen molar-refractivity contribution in [3.8, 4) is 0 Å². The second-order valence-corrected chi connectivity index (χ2v) is 4.42. The molecule has 0 aromatic heterocycles. The third-order valence-corrected chi connectivity index (χ3v) is 2.61. The lowest BCUT2D eigenvalue weighted by Gasteiger charge is -2.11. The van der Waals surface area contributed by atoms with Gasteiger partial charge >= 0.3 is 0 Å². The normalized spacial score (nSPS) is 16.1. The van der Waals surface area contributed by atoms with Gasteiger partial charge in [0, 0.05) is 7.11 Å². The highest BCUT2D eigenvalue weighted by Gasteiger charge is 2.17. The van der Waals surface area contributed by atoms with Crippen LogP contribution in [0.5, 0.6) is 0 Å². The molecular formula is C13H26N2O3. The quantitative estimate of drug-likeness (QED) is 0.283. The molecule has 0 amide bonds. The van der Waals surface area contributed by atoms with E-state index in [0.717, 1.165) is 12.8 Å². The van der Waals surface area contributed by atoms with Gasteiger partial charge in [-0.3, -0.25) is 0 Å². The van der Waals surface area contributed by atoms with Crippen LogP contribution in [0.3, 0.4) is 0 Å². The molecule has 0 aliphatic rings. The minimum absolute atomic E-state index is 0.237. The van der Waals surface area contributed by atoms with E-state index in [4.69, 9.17) is 4.74 Å². The van der Waals surface area contributed by atoms with Crippen LogP contribution in [0.1, 0.15) is 46.0 Å². The van der Waals surface area contributed by atoms with Gasteiger partial charge in [-0.05, 0) is 31.0 Å². The maximum Gasteiger partial charge on any atom is 0.205 e. The number of aliphatic hydroxyl groups is 1. The monoisotopic (exact) mass is 258 g/mol. The Morgan fingerprint density at radius 3 is 2.67 bits per heavy atom. The van der Waals surface area contributed by atoms with Crippen molar-refractivity contribution in [3.05, 3.63) is 17.5 Å². The first-order valence-electron chi connectivity index (χ1n) is 6.62. The summed E-state index contributed by atoms with van der Waals surface area (Å²) in [6, 6.07) is -0.516. The predicted molar refractivity (Wildman–Crippen MR) is 71.3 cm³/mol. The number of aliphatic hydroxyl groups excluding tert-OH is 1. The molecule has 0 aliphatic carbocycles. The Hall–Kier alpha value is -0.940. The van der Waals surface area contributed by atoms with Crippen LogP contribution in [0.15, 0.2) is 17.4 Å². The highest BCUT2D eigenvalue weighted by molar-refractivity contribution is 4.73. The van der Waals surface area contributed by atoms with Gasteiger partial charge in [0.1, 0.15) is 0 Å². The zero-order valence-corrected chi connectivity index (χ0v) is 11.7. The van der Waals surface area contributed by atoms with Gasteiger partial charge in [-0.1, -0.05) is 31.0 Å². The zero-order valence-electron chi connectivity index (χ0n) is 11.7. The molecule has 0 heterocycles. The molecule has 0 aromatic rings. The summed E-state index contributed by atoms with van der Waals surface area (Å²) in [6.07, 6.45) is 8.14. The second kappa shape index (κ2) is 11.2. The third kappa shape index (κ3) is 9.13. The molecule has 0 radical (unpaired) electrons. The van der Waals surface area contributed by atoms with Gasteiger partial charge in [0.2, 0.25) is 6.20 Å². The smallest absolute Gasteiger partial charge is 0.205 e. The van der Waals surface area contributed by atoms with E-state index in [-0.39, 0.29) is 6.61 Å². The summed E-state index contributed by atoms with van der Waals surface area (Å²) in [7, 11) is 1.52. The molecule has 0 spiro atoms. The molecule has 0 unspecified atom stereocenters. The molecule has 0 fully saturated rings. The highest BCUT2D eigenvalue weighted by Crippen LogP contribution is 2.04. The lowest BCUT2D eigenvalue weighted by atomic mass is 10.1. The summed E-state index contributed by atoms with van der Waals surface area (Å²) in [4.78, 5) is 0.510. The van der Waals surface area contributed by atoms with Crippen LogP contribution < -0.4 is 0 Å². The van der Waals surface area contributed by atoms with E-state index in [2.05, 4.69) is 12.0 Å². The molecular weight excluding hydrogens is 232 g/mol. The first-order chi connectivity index (χ1) is 8.61. The molecule has 2 atom stereocenters. The number of hydrogen-bond donors (Lipinski definition) is 1. The van der Waals surface area contributed by atoms with E-state index in [0.29, 0.717) is 4.86 Å². The Morgan fingerprint density at radius 1 is 1.39 bits per heavy atom. The van der Waals surface area contributed by atoms with Crippen molar-refractivity contribution in [1.29, 1.82) is 0 Å². The van der Waals surface area contributed by atoms with E-state index < -0.39 is 12.1 Å². The van der Waals surface area contributed by atoms with Gasteiger partial charge in [0.15, 0.2) is 6.04 Å². The topological polar surface area (TPSA) is 67.9 Å². The molecule has 0 rings (SSSR count). The standard InChI is InChI=1S/C13H26N2O3/c1-4-5-6-7-8-9-10-15(17)14-13(11-18-3)12(2)16/h9-10,12-13,16H,4-8,11H2,1-3H3/b10-9+,15-14?/t12-,13-/m1/s1. The van der Waals surface area contributed by atoms with Crippen LogP contribution in [-0.4, -0.2) is 35.8 Å². The first-order valence-corrected chi connectivity index (χ1v) is 6.62. The van der Waals surface area contributed by atoms with E-state index in [9.17, 15) is 10.3 Å². The fourth-order valence-electron chi connectivity index (χ4n) is 1.48. The van der Waals surface area contributed by atoms with Crippen molar-refractivity contribution in [1.82, 2.24) is 0 Å². The van der Waals surface area contributed by atoms with Crippen molar-refractivity contribution in [2.45, 2.75) is 58.1 Å². The van der Waals surface area contributed by atoms with Gasteiger partial charge in [0.05, 0.1) is 12.7 Å². The van der Waals surface area contributed by atoms with E-state index in [1.54, 1.807) is 6.92 Å².